The Labute approximate surface area is 205 Å². The second-order valence-corrected chi connectivity index (χ2v) is 11.0. The molecule has 0 aliphatic carbocycles. The van der Waals surface area contributed by atoms with E-state index < -0.39 is 10.0 Å². The Hall–Kier alpha value is -2.64. The number of halogens is 1. The minimum absolute atomic E-state index is 0.144. The average molecular weight is 530 g/mol. The highest BCUT2D eigenvalue weighted by molar-refractivity contribution is 9.10. The summed E-state index contributed by atoms with van der Waals surface area (Å²) >= 11 is 3.38. The third-order valence-corrected chi connectivity index (χ3v) is 8.00. The van der Waals surface area contributed by atoms with Crippen molar-refractivity contribution in [3.05, 3.63) is 93.5 Å². The van der Waals surface area contributed by atoms with Gasteiger partial charge in [-0.2, -0.15) is 0 Å². The maximum Gasteiger partial charge on any atom is 0.264 e. The highest BCUT2D eigenvalue weighted by atomic mass is 79.9. The maximum absolute atomic E-state index is 13.5. The fourth-order valence-electron chi connectivity index (χ4n) is 3.53. The van der Waals surface area contributed by atoms with Gasteiger partial charge in [0.1, 0.15) is 6.54 Å². The number of amides is 1. The molecule has 5 nitrogen and oxygen atoms in total. The number of hydrogen-bond acceptors (Lipinski definition) is 3. The van der Waals surface area contributed by atoms with E-state index in [1.165, 1.54) is 5.56 Å². The van der Waals surface area contributed by atoms with Crippen molar-refractivity contribution in [3.63, 3.8) is 0 Å². The molecule has 1 N–H and O–H groups in total. The Morgan fingerprint density at radius 3 is 2.15 bits per heavy atom. The number of aryl methyl sites for hydroxylation is 3. The van der Waals surface area contributed by atoms with Crippen LogP contribution in [0.5, 0.6) is 0 Å². The number of rotatable bonds is 8. The van der Waals surface area contributed by atoms with Gasteiger partial charge in [0, 0.05) is 4.47 Å². The zero-order chi connectivity index (χ0) is 24.2. The molecule has 3 aromatic rings. The number of carbonyl (C=O) groups excluding carboxylic acids is 1. The van der Waals surface area contributed by atoms with Crippen LogP contribution in [0.25, 0.3) is 0 Å². The van der Waals surface area contributed by atoms with Gasteiger partial charge in [-0.25, -0.2) is 8.42 Å². The van der Waals surface area contributed by atoms with Gasteiger partial charge in [0.05, 0.1) is 16.6 Å². The first-order valence-electron chi connectivity index (χ1n) is 10.8. The third kappa shape index (κ3) is 6.03. The van der Waals surface area contributed by atoms with Gasteiger partial charge in [0.25, 0.3) is 10.0 Å². The predicted octanol–water partition coefficient (Wildman–Crippen LogP) is 5.84. The zero-order valence-electron chi connectivity index (χ0n) is 19.3. The molecule has 3 rings (SSSR count). The molecule has 33 heavy (non-hydrogen) atoms. The quantitative estimate of drug-likeness (QED) is 0.399. The number of nitrogens with one attached hydrogen (secondary N) is 1. The Bertz CT molecular complexity index is 1220. The molecule has 0 saturated carbocycles. The van der Waals surface area contributed by atoms with Gasteiger partial charge in [-0.05, 0) is 80.3 Å². The van der Waals surface area contributed by atoms with E-state index in [1.54, 1.807) is 48.5 Å². The lowest BCUT2D eigenvalue weighted by atomic mass is 9.99. The molecule has 174 valence electrons. The van der Waals surface area contributed by atoms with E-state index in [-0.39, 0.29) is 23.4 Å². The van der Waals surface area contributed by atoms with E-state index >= 15 is 0 Å². The molecule has 0 radical (unpaired) electrons. The summed E-state index contributed by atoms with van der Waals surface area (Å²) in [6.07, 6.45) is 0.692. The molecule has 0 saturated heterocycles. The molecule has 0 spiro atoms. The summed E-state index contributed by atoms with van der Waals surface area (Å²) in [6.45, 7) is 7.66. The van der Waals surface area contributed by atoms with Crippen molar-refractivity contribution in [2.45, 2.75) is 45.1 Å². The summed E-state index contributed by atoms with van der Waals surface area (Å²) in [4.78, 5) is 13.2. The molecule has 0 heterocycles. The summed E-state index contributed by atoms with van der Waals surface area (Å²) in [7, 11) is -3.94. The van der Waals surface area contributed by atoms with Crippen molar-refractivity contribution in [1.82, 2.24) is 5.32 Å². The third-order valence-electron chi connectivity index (χ3n) is 5.69. The Balaban J connectivity index is 1.90. The van der Waals surface area contributed by atoms with Crippen molar-refractivity contribution >= 4 is 37.5 Å². The molecule has 0 bridgehead atoms. The minimum atomic E-state index is -3.94. The Morgan fingerprint density at radius 1 is 0.939 bits per heavy atom. The topological polar surface area (TPSA) is 66.5 Å². The molecule has 0 aliphatic heterocycles. The number of carbonyl (C=O) groups is 1. The summed E-state index contributed by atoms with van der Waals surface area (Å²) in [5, 5.41) is 3.02. The molecule has 1 amide bonds. The average Bonchev–Trinajstić information content (AvgIpc) is 2.78. The van der Waals surface area contributed by atoms with Crippen LogP contribution in [0.15, 0.2) is 76.1 Å². The molecule has 0 aromatic heterocycles. The maximum atomic E-state index is 13.5. The smallest absolute Gasteiger partial charge is 0.264 e. The normalized spacial score (nSPS) is 12.3. The lowest BCUT2D eigenvalue weighted by molar-refractivity contribution is -0.120. The highest BCUT2D eigenvalue weighted by Gasteiger charge is 2.28. The number of hydrogen-bond donors (Lipinski definition) is 1. The van der Waals surface area contributed by atoms with Crippen molar-refractivity contribution in [1.29, 1.82) is 0 Å². The van der Waals surface area contributed by atoms with Gasteiger partial charge in [-0.3, -0.25) is 9.10 Å². The monoisotopic (exact) mass is 528 g/mol. The molecular weight excluding hydrogens is 500 g/mol. The van der Waals surface area contributed by atoms with Crippen LogP contribution >= 0.6 is 15.9 Å². The zero-order valence-corrected chi connectivity index (χ0v) is 21.7. The minimum Gasteiger partial charge on any atom is -0.348 e. The van der Waals surface area contributed by atoms with Crippen molar-refractivity contribution in [2.75, 3.05) is 10.8 Å². The van der Waals surface area contributed by atoms with Crippen LogP contribution in [-0.2, 0) is 14.8 Å². The van der Waals surface area contributed by atoms with Gasteiger partial charge in [-0.1, -0.05) is 58.7 Å². The molecular formula is C26H29BrN2O3S. The summed E-state index contributed by atoms with van der Waals surface area (Å²) in [6, 6.07) is 19.4. The van der Waals surface area contributed by atoms with E-state index in [0.29, 0.717) is 12.1 Å². The van der Waals surface area contributed by atoms with Crippen LogP contribution in [0.1, 0.15) is 41.6 Å². The van der Waals surface area contributed by atoms with Crippen molar-refractivity contribution < 1.29 is 13.2 Å². The van der Waals surface area contributed by atoms with E-state index in [9.17, 15) is 13.2 Å². The van der Waals surface area contributed by atoms with Gasteiger partial charge >= 0.3 is 0 Å². The van der Waals surface area contributed by atoms with Gasteiger partial charge < -0.3 is 5.32 Å². The van der Waals surface area contributed by atoms with Crippen molar-refractivity contribution in [2.24, 2.45) is 0 Å². The van der Waals surface area contributed by atoms with Gasteiger partial charge in [-0.15, -0.1) is 0 Å². The fourth-order valence-corrected chi connectivity index (χ4v) is 5.22. The van der Waals surface area contributed by atoms with Crippen LogP contribution in [-0.4, -0.2) is 20.9 Å². The summed E-state index contributed by atoms with van der Waals surface area (Å²) in [5.41, 5.74) is 4.73. The van der Waals surface area contributed by atoms with Crippen LogP contribution in [0.3, 0.4) is 0 Å². The molecule has 1 atom stereocenters. The van der Waals surface area contributed by atoms with Gasteiger partial charge in [0.2, 0.25) is 5.91 Å². The molecule has 0 aliphatic rings. The number of nitrogens with zero attached hydrogens (tertiary/aromatic N) is 1. The Kier molecular flexibility index (Phi) is 7.97. The number of anilines is 1. The van der Waals surface area contributed by atoms with Crippen LogP contribution in [0.4, 0.5) is 5.69 Å². The second-order valence-electron chi connectivity index (χ2n) is 8.17. The number of benzene rings is 3. The first kappa shape index (κ1) is 25.0. The van der Waals surface area contributed by atoms with E-state index in [1.807, 2.05) is 39.8 Å². The van der Waals surface area contributed by atoms with Crippen LogP contribution in [0.2, 0.25) is 0 Å². The molecule has 3 aromatic carbocycles. The van der Waals surface area contributed by atoms with Crippen molar-refractivity contribution in [3.8, 4) is 0 Å². The van der Waals surface area contributed by atoms with Crippen LogP contribution in [0, 0.1) is 20.8 Å². The van der Waals surface area contributed by atoms with E-state index in [0.717, 1.165) is 25.5 Å². The first-order valence-corrected chi connectivity index (χ1v) is 13.1. The van der Waals surface area contributed by atoms with Gasteiger partial charge in [0.15, 0.2) is 0 Å². The second kappa shape index (κ2) is 10.5. The predicted molar refractivity (Wildman–Crippen MR) is 137 cm³/mol. The van der Waals surface area contributed by atoms with Crippen LogP contribution < -0.4 is 9.62 Å². The lowest BCUT2D eigenvalue weighted by Gasteiger charge is -2.26. The largest absolute Gasteiger partial charge is 0.348 e. The molecule has 0 fully saturated rings. The standard InChI is InChI=1S/C26H29BrN2O3S/c1-5-25(21-9-8-19(3)20(4)16-21)28-26(30)17-29(23-12-10-22(27)11-13-23)33(31,32)24-14-6-18(2)7-15-24/h6-16,25H,5,17H2,1-4H3,(H,28,30). The van der Waals surface area contributed by atoms with E-state index in [4.69, 9.17) is 0 Å². The highest BCUT2D eigenvalue weighted by Crippen LogP contribution is 2.26. The van der Waals surface area contributed by atoms with E-state index in [2.05, 4.69) is 27.3 Å². The lowest BCUT2D eigenvalue weighted by Crippen LogP contribution is -2.42. The fraction of sp³-hybridized carbons (Fsp3) is 0.269. The first-order chi connectivity index (χ1) is 15.6. The molecule has 1 unspecified atom stereocenters. The summed E-state index contributed by atoms with van der Waals surface area (Å²) < 4.78 is 29.0. The number of sulfonamides is 1. The molecule has 7 heteroatoms. The SMILES string of the molecule is CCC(NC(=O)CN(c1ccc(Br)cc1)S(=O)(=O)c1ccc(C)cc1)c1ccc(C)c(C)c1. The summed E-state index contributed by atoms with van der Waals surface area (Å²) in [5.74, 6) is -0.362. The Morgan fingerprint density at radius 2 is 1.58 bits per heavy atom.